The number of carbonyl (C=O) groups is 2. The number of aliphatic hydroxyl groups is 1. The predicted octanol–water partition coefficient (Wildman–Crippen LogP) is 3.80. The number of nitrogens with zero attached hydrogens (tertiary/aromatic N) is 2. The lowest BCUT2D eigenvalue weighted by molar-refractivity contribution is -0.132. The Morgan fingerprint density at radius 3 is 2.35 bits per heavy atom. The SMILES string of the molecule is COc1cc(C)c(/C(O)=C2\C(=O)C(=O)N(c3ccc(S(N)(=O)=O)cc3)C2c2cccnc2)cc1C(C)C. The molecule has 1 atom stereocenters. The van der Waals surface area contributed by atoms with E-state index < -0.39 is 27.8 Å². The second-order valence-electron chi connectivity index (χ2n) is 9.06. The number of sulfonamides is 1. The molecule has 0 bridgehead atoms. The van der Waals surface area contributed by atoms with Crippen LogP contribution in [0.3, 0.4) is 0 Å². The van der Waals surface area contributed by atoms with Gasteiger partial charge in [-0.25, -0.2) is 13.6 Å². The van der Waals surface area contributed by atoms with Gasteiger partial charge in [-0.1, -0.05) is 19.9 Å². The van der Waals surface area contributed by atoms with Gasteiger partial charge in [0.15, 0.2) is 0 Å². The fraction of sp³-hybridized carbons (Fsp3) is 0.222. The van der Waals surface area contributed by atoms with Crippen LogP contribution in [0, 0.1) is 6.92 Å². The lowest BCUT2D eigenvalue weighted by atomic mass is 9.91. The number of carbonyl (C=O) groups excluding carboxylic acids is 2. The van der Waals surface area contributed by atoms with Crippen LogP contribution in [-0.4, -0.2) is 37.3 Å². The maximum atomic E-state index is 13.4. The van der Waals surface area contributed by atoms with Crippen LogP contribution in [0.4, 0.5) is 5.69 Å². The minimum absolute atomic E-state index is 0.0657. The molecule has 1 aliphatic rings. The van der Waals surface area contributed by atoms with Gasteiger partial charge in [-0.05, 0) is 72.0 Å². The number of primary sulfonamides is 1. The molecule has 0 saturated carbocycles. The summed E-state index contributed by atoms with van der Waals surface area (Å²) in [6.45, 7) is 5.75. The van der Waals surface area contributed by atoms with E-state index in [1.807, 2.05) is 13.8 Å². The van der Waals surface area contributed by atoms with Crippen molar-refractivity contribution in [1.82, 2.24) is 4.98 Å². The van der Waals surface area contributed by atoms with E-state index in [1.54, 1.807) is 44.5 Å². The van der Waals surface area contributed by atoms with Crippen LogP contribution in [0.25, 0.3) is 5.76 Å². The van der Waals surface area contributed by atoms with E-state index in [-0.39, 0.29) is 27.8 Å². The van der Waals surface area contributed by atoms with Crippen molar-refractivity contribution in [3.05, 3.63) is 88.8 Å². The van der Waals surface area contributed by atoms with Gasteiger partial charge in [-0.3, -0.25) is 19.5 Å². The number of anilines is 1. The zero-order chi connectivity index (χ0) is 27.1. The molecule has 3 aromatic rings. The third kappa shape index (κ3) is 4.73. The molecule has 1 saturated heterocycles. The third-order valence-electron chi connectivity index (χ3n) is 6.34. The molecule has 37 heavy (non-hydrogen) atoms. The highest BCUT2D eigenvalue weighted by molar-refractivity contribution is 7.89. The number of amides is 1. The second kappa shape index (κ2) is 9.79. The molecule has 1 aliphatic heterocycles. The topological polar surface area (TPSA) is 140 Å². The summed E-state index contributed by atoms with van der Waals surface area (Å²) in [5.74, 6) is -1.34. The van der Waals surface area contributed by atoms with Gasteiger partial charge in [-0.2, -0.15) is 0 Å². The van der Waals surface area contributed by atoms with E-state index >= 15 is 0 Å². The third-order valence-corrected chi connectivity index (χ3v) is 7.27. The fourth-order valence-corrected chi connectivity index (χ4v) is 4.99. The molecule has 1 unspecified atom stereocenters. The van der Waals surface area contributed by atoms with Crippen molar-refractivity contribution in [1.29, 1.82) is 0 Å². The molecule has 4 rings (SSSR count). The number of pyridine rings is 1. The number of hydrogen-bond donors (Lipinski definition) is 2. The van der Waals surface area contributed by atoms with Crippen LogP contribution in [0.2, 0.25) is 0 Å². The molecule has 1 aromatic heterocycles. The summed E-state index contributed by atoms with van der Waals surface area (Å²) in [5, 5.41) is 16.7. The number of rotatable bonds is 6. The molecule has 9 nitrogen and oxygen atoms in total. The quantitative estimate of drug-likeness (QED) is 0.286. The Bertz CT molecular complexity index is 1510. The number of Topliss-reactive ketones (excluding diaryl/α,β-unsaturated/α-hetero) is 1. The number of methoxy groups -OCH3 is 1. The zero-order valence-corrected chi connectivity index (χ0v) is 21.6. The summed E-state index contributed by atoms with van der Waals surface area (Å²) < 4.78 is 28.9. The van der Waals surface area contributed by atoms with E-state index in [9.17, 15) is 23.1 Å². The van der Waals surface area contributed by atoms with Crippen molar-refractivity contribution in [3.8, 4) is 5.75 Å². The highest BCUT2D eigenvalue weighted by Gasteiger charge is 2.47. The average Bonchev–Trinajstić information content (AvgIpc) is 3.13. The van der Waals surface area contributed by atoms with Gasteiger partial charge in [0.25, 0.3) is 11.7 Å². The van der Waals surface area contributed by atoms with Crippen molar-refractivity contribution < 1.29 is 27.9 Å². The van der Waals surface area contributed by atoms with Gasteiger partial charge < -0.3 is 9.84 Å². The van der Waals surface area contributed by atoms with Crippen LogP contribution < -0.4 is 14.8 Å². The fourth-order valence-electron chi connectivity index (χ4n) is 4.47. The molecule has 1 amide bonds. The summed E-state index contributed by atoms with van der Waals surface area (Å²) in [6, 6.07) is 11.2. The summed E-state index contributed by atoms with van der Waals surface area (Å²) >= 11 is 0. The van der Waals surface area contributed by atoms with Crippen LogP contribution >= 0.6 is 0 Å². The first kappa shape index (κ1) is 26.1. The van der Waals surface area contributed by atoms with Crippen molar-refractivity contribution in [2.45, 2.75) is 37.6 Å². The molecule has 3 N–H and O–H groups in total. The van der Waals surface area contributed by atoms with Gasteiger partial charge in [-0.15, -0.1) is 0 Å². The Hall–Kier alpha value is -4.02. The van der Waals surface area contributed by atoms with Crippen molar-refractivity contribution in [2.24, 2.45) is 5.14 Å². The van der Waals surface area contributed by atoms with E-state index in [0.717, 1.165) is 5.56 Å². The molecule has 1 fully saturated rings. The Morgan fingerprint density at radius 1 is 1.14 bits per heavy atom. The number of benzene rings is 2. The van der Waals surface area contributed by atoms with Crippen molar-refractivity contribution in [2.75, 3.05) is 12.0 Å². The summed E-state index contributed by atoms with van der Waals surface area (Å²) in [4.78, 5) is 31.9. The van der Waals surface area contributed by atoms with E-state index in [4.69, 9.17) is 9.88 Å². The standard InChI is InChI=1S/C27H27N3O6S/c1-15(2)20-13-21(16(3)12-22(20)36-4)25(31)23-24(17-6-5-11-29-14-17)30(27(33)26(23)32)18-7-9-19(10-8-18)37(28,34)35/h5-15,24,31H,1-4H3,(H2,28,34,35)/b25-23+. The number of aromatic nitrogens is 1. The first-order valence-electron chi connectivity index (χ1n) is 11.5. The first-order valence-corrected chi connectivity index (χ1v) is 13.0. The minimum atomic E-state index is -3.96. The Balaban J connectivity index is 1.95. The molecule has 2 aromatic carbocycles. The molecule has 0 aliphatic carbocycles. The number of aryl methyl sites for hydroxylation is 1. The molecule has 0 spiro atoms. The van der Waals surface area contributed by atoms with Crippen LogP contribution in [0.15, 0.2) is 71.4 Å². The highest BCUT2D eigenvalue weighted by Crippen LogP contribution is 2.43. The lowest BCUT2D eigenvalue weighted by Gasteiger charge is -2.25. The van der Waals surface area contributed by atoms with Gasteiger partial charge in [0.1, 0.15) is 11.5 Å². The maximum Gasteiger partial charge on any atom is 0.300 e. The second-order valence-corrected chi connectivity index (χ2v) is 10.6. The van der Waals surface area contributed by atoms with Gasteiger partial charge in [0.05, 0.1) is 23.6 Å². The van der Waals surface area contributed by atoms with Crippen LogP contribution in [-0.2, 0) is 19.6 Å². The number of nitrogens with two attached hydrogens (primary N) is 1. The number of ether oxygens (including phenoxy) is 1. The number of aliphatic hydroxyl groups excluding tert-OH is 1. The van der Waals surface area contributed by atoms with E-state index in [1.165, 1.54) is 35.4 Å². The molecule has 0 radical (unpaired) electrons. The normalized spacial score (nSPS) is 17.5. The first-order chi connectivity index (χ1) is 17.5. The Morgan fingerprint density at radius 2 is 1.81 bits per heavy atom. The van der Waals surface area contributed by atoms with E-state index in [2.05, 4.69) is 4.98 Å². The molecule has 10 heteroatoms. The zero-order valence-electron chi connectivity index (χ0n) is 20.8. The van der Waals surface area contributed by atoms with Crippen LogP contribution in [0.5, 0.6) is 5.75 Å². The lowest BCUT2D eigenvalue weighted by Crippen LogP contribution is -2.29. The molecular formula is C27H27N3O6S. The Kier molecular flexibility index (Phi) is 6.90. The minimum Gasteiger partial charge on any atom is -0.507 e. The van der Waals surface area contributed by atoms with E-state index in [0.29, 0.717) is 22.4 Å². The molecule has 192 valence electrons. The van der Waals surface area contributed by atoms with Gasteiger partial charge in [0, 0.05) is 23.6 Å². The predicted molar refractivity (Wildman–Crippen MR) is 139 cm³/mol. The van der Waals surface area contributed by atoms with Gasteiger partial charge >= 0.3 is 0 Å². The van der Waals surface area contributed by atoms with Crippen LogP contribution in [0.1, 0.15) is 48.1 Å². The summed E-state index contributed by atoms with van der Waals surface area (Å²) in [6.07, 6.45) is 3.06. The van der Waals surface area contributed by atoms with Crippen molar-refractivity contribution in [3.63, 3.8) is 0 Å². The summed E-state index contributed by atoms with van der Waals surface area (Å²) in [7, 11) is -2.39. The molecular weight excluding hydrogens is 494 g/mol. The number of ketones is 1. The average molecular weight is 522 g/mol. The van der Waals surface area contributed by atoms with Crippen molar-refractivity contribution >= 4 is 33.2 Å². The number of hydrogen-bond acceptors (Lipinski definition) is 7. The largest absolute Gasteiger partial charge is 0.507 e. The Labute approximate surface area is 215 Å². The smallest absolute Gasteiger partial charge is 0.300 e. The maximum absolute atomic E-state index is 13.4. The monoisotopic (exact) mass is 521 g/mol. The summed E-state index contributed by atoms with van der Waals surface area (Å²) in [5.41, 5.74) is 2.55. The highest BCUT2D eigenvalue weighted by atomic mass is 32.2. The van der Waals surface area contributed by atoms with Gasteiger partial charge in [0.2, 0.25) is 10.0 Å². The molecule has 2 heterocycles.